The van der Waals surface area contributed by atoms with E-state index < -0.39 is 0 Å². The van der Waals surface area contributed by atoms with Crippen LogP contribution in [-0.4, -0.2) is 47.5 Å². The Morgan fingerprint density at radius 2 is 1.61 bits per heavy atom. The van der Waals surface area contributed by atoms with E-state index >= 15 is 0 Å². The molecule has 0 aliphatic carbocycles. The van der Waals surface area contributed by atoms with Gasteiger partial charge in [0, 0.05) is 54.6 Å². The highest BCUT2D eigenvalue weighted by Crippen LogP contribution is 2.29. The zero-order chi connectivity index (χ0) is 24.8. The van der Waals surface area contributed by atoms with Crippen LogP contribution in [0.25, 0.3) is 0 Å². The highest BCUT2D eigenvalue weighted by molar-refractivity contribution is 7.13. The molecule has 184 valence electrons. The summed E-state index contributed by atoms with van der Waals surface area (Å²) in [5, 5.41) is 6.24. The maximum atomic E-state index is 12.4. The standard InChI is InChI=1S/C27H44N4OS/c1-19(2)16-28-25(32)23-12-10-22(11-13-23)17-30(14-15-31(20(3)4)21(5)6)26-29-24(18-33-26)27(7,8)9/h10-13,18-21H,14-17H2,1-9H3,(H,28,32). The number of rotatable bonds is 11. The average Bonchev–Trinajstić information content (AvgIpc) is 3.22. The van der Waals surface area contributed by atoms with Crippen LogP contribution in [0.3, 0.4) is 0 Å². The van der Waals surface area contributed by atoms with Crippen LogP contribution in [0.5, 0.6) is 0 Å². The van der Waals surface area contributed by atoms with Gasteiger partial charge in [-0.05, 0) is 51.3 Å². The van der Waals surface area contributed by atoms with Crippen molar-refractivity contribution >= 4 is 22.4 Å². The molecule has 1 amide bonds. The van der Waals surface area contributed by atoms with Gasteiger partial charge >= 0.3 is 0 Å². The molecule has 0 spiro atoms. The fraction of sp³-hybridized carbons (Fsp3) is 0.630. The van der Waals surface area contributed by atoms with E-state index in [1.54, 1.807) is 11.3 Å². The highest BCUT2D eigenvalue weighted by Gasteiger charge is 2.21. The zero-order valence-corrected chi connectivity index (χ0v) is 22.9. The molecule has 0 unspecified atom stereocenters. The molecule has 1 N–H and O–H groups in total. The molecule has 6 heteroatoms. The van der Waals surface area contributed by atoms with Crippen LogP contribution in [0.2, 0.25) is 0 Å². The molecule has 0 bridgehead atoms. The molecule has 2 aromatic rings. The van der Waals surface area contributed by atoms with Gasteiger partial charge in [-0.2, -0.15) is 0 Å². The molecule has 0 saturated heterocycles. The number of anilines is 1. The van der Waals surface area contributed by atoms with Gasteiger partial charge in [-0.3, -0.25) is 9.69 Å². The van der Waals surface area contributed by atoms with Crippen molar-refractivity contribution in [2.24, 2.45) is 5.92 Å². The largest absolute Gasteiger partial charge is 0.352 e. The van der Waals surface area contributed by atoms with Crippen LogP contribution >= 0.6 is 11.3 Å². The maximum absolute atomic E-state index is 12.4. The van der Waals surface area contributed by atoms with E-state index in [1.807, 2.05) is 12.1 Å². The van der Waals surface area contributed by atoms with Crippen LogP contribution in [0.1, 0.15) is 83.9 Å². The highest BCUT2D eigenvalue weighted by atomic mass is 32.1. The lowest BCUT2D eigenvalue weighted by molar-refractivity contribution is 0.0949. The van der Waals surface area contributed by atoms with Gasteiger partial charge in [-0.1, -0.05) is 46.8 Å². The summed E-state index contributed by atoms with van der Waals surface area (Å²) >= 11 is 1.72. The average molecular weight is 473 g/mol. The summed E-state index contributed by atoms with van der Waals surface area (Å²) in [7, 11) is 0. The number of thiazole rings is 1. The summed E-state index contributed by atoms with van der Waals surface area (Å²) in [5.41, 5.74) is 3.06. The van der Waals surface area contributed by atoms with Crippen molar-refractivity contribution in [2.45, 2.75) is 86.4 Å². The van der Waals surface area contributed by atoms with Crippen molar-refractivity contribution in [1.82, 2.24) is 15.2 Å². The number of nitrogens with zero attached hydrogens (tertiary/aromatic N) is 3. The van der Waals surface area contributed by atoms with Crippen LogP contribution < -0.4 is 10.2 Å². The Morgan fingerprint density at radius 1 is 1.00 bits per heavy atom. The molecule has 0 aliphatic heterocycles. The SMILES string of the molecule is CC(C)CNC(=O)c1ccc(CN(CCN(C(C)C)C(C)C)c2nc(C(C)(C)C)cs2)cc1. The van der Waals surface area contributed by atoms with Gasteiger partial charge < -0.3 is 10.2 Å². The normalized spacial score (nSPS) is 12.3. The van der Waals surface area contributed by atoms with E-state index in [2.05, 4.69) is 94.9 Å². The van der Waals surface area contributed by atoms with Crippen molar-refractivity contribution in [3.63, 3.8) is 0 Å². The Morgan fingerprint density at radius 3 is 2.09 bits per heavy atom. The summed E-state index contributed by atoms with van der Waals surface area (Å²) < 4.78 is 0. The van der Waals surface area contributed by atoms with Crippen LogP contribution in [0, 0.1) is 5.92 Å². The number of nitrogens with one attached hydrogen (secondary N) is 1. The molecule has 1 heterocycles. The number of amides is 1. The number of hydrogen-bond acceptors (Lipinski definition) is 5. The van der Waals surface area contributed by atoms with Crippen LogP contribution in [0.15, 0.2) is 29.6 Å². The first-order valence-corrected chi connectivity index (χ1v) is 13.1. The predicted molar refractivity (Wildman–Crippen MR) is 142 cm³/mol. The fourth-order valence-corrected chi connectivity index (χ4v) is 4.81. The monoisotopic (exact) mass is 472 g/mol. The van der Waals surface area contributed by atoms with E-state index in [-0.39, 0.29) is 11.3 Å². The van der Waals surface area contributed by atoms with E-state index in [0.717, 1.165) is 30.5 Å². The second kappa shape index (κ2) is 12.0. The second-order valence-corrected chi connectivity index (χ2v) is 11.7. The molecular weight excluding hydrogens is 428 g/mol. The summed E-state index contributed by atoms with van der Waals surface area (Å²) in [6.45, 7) is 23.2. The van der Waals surface area contributed by atoms with E-state index in [0.29, 0.717) is 30.1 Å². The third-order valence-corrected chi connectivity index (χ3v) is 6.65. The summed E-state index contributed by atoms with van der Waals surface area (Å²) in [6.07, 6.45) is 0. The zero-order valence-electron chi connectivity index (χ0n) is 22.1. The van der Waals surface area contributed by atoms with Crippen molar-refractivity contribution in [1.29, 1.82) is 0 Å². The fourth-order valence-electron chi connectivity index (χ4n) is 3.73. The van der Waals surface area contributed by atoms with Crippen molar-refractivity contribution < 1.29 is 4.79 Å². The lowest BCUT2D eigenvalue weighted by Gasteiger charge is -2.33. The van der Waals surface area contributed by atoms with Gasteiger partial charge in [0.1, 0.15) is 0 Å². The Balaban J connectivity index is 2.19. The van der Waals surface area contributed by atoms with Gasteiger partial charge in [0.25, 0.3) is 5.91 Å². The maximum Gasteiger partial charge on any atom is 0.251 e. The summed E-state index contributed by atoms with van der Waals surface area (Å²) in [4.78, 5) is 22.3. The second-order valence-electron chi connectivity index (χ2n) is 10.9. The molecule has 0 atom stereocenters. The molecule has 0 fully saturated rings. The molecular formula is C27H44N4OS. The van der Waals surface area contributed by atoms with Gasteiger partial charge in [0.15, 0.2) is 5.13 Å². The number of hydrogen-bond donors (Lipinski definition) is 1. The third-order valence-electron chi connectivity index (χ3n) is 5.75. The molecule has 0 saturated carbocycles. The molecule has 5 nitrogen and oxygen atoms in total. The quantitative estimate of drug-likeness (QED) is 0.439. The first-order chi connectivity index (χ1) is 15.4. The Bertz CT molecular complexity index is 857. The van der Waals surface area contributed by atoms with Crippen molar-refractivity contribution in [3.8, 4) is 0 Å². The van der Waals surface area contributed by atoms with Crippen LogP contribution in [-0.2, 0) is 12.0 Å². The topological polar surface area (TPSA) is 48.5 Å². The molecule has 0 aliphatic rings. The van der Waals surface area contributed by atoms with Gasteiger partial charge in [-0.15, -0.1) is 11.3 Å². The smallest absolute Gasteiger partial charge is 0.251 e. The number of carbonyl (C=O) groups excluding carboxylic acids is 1. The lowest BCUT2D eigenvalue weighted by atomic mass is 9.93. The summed E-state index contributed by atoms with van der Waals surface area (Å²) in [6, 6.07) is 8.99. The molecule has 1 aromatic heterocycles. The predicted octanol–water partition coefficient (Wildman–Crippen LogP) is 5.95. The molecule has 0 radical (unpaired) electrons. The lowest BCUT2D eigenvalue weighted by Crippen LogP contribution is -2.42. The molecule has 2 rings (SSSR count). The molecule has 33 heavy (non-hydrogen) atoms. The van der Waals surface area contributed by atoms with E-state index in [1.165, 1.54) is 5.56 Å². The minimum absolute atomic E-state index is 0.00800. The first kappa shape index (κ1) is 27.3. The van der Waals surface area contributed by atoms with E-state index in [9.17, 15) is 4.79 Å². The first-order valence-electron chi connectivity index (χ1n) is 12.2. The van der Waals surface area contributed by atoms with Gasteiger partial charge in [0.05, 0.1) is 5.69 Å². The van der Waals surface area contributed by atoms with Gasteiger partial charge in [-0.25, -0.2) is 4.98 Å². The third kappa shape index (κ3) is 8.42. The Hall–Kier alpha value is -1.92. The number of carbonyl (C=O) groups is 1. The van der Waals surface area contributed by atoms with Gasteiger partial charge in [0.2, 0.25) is 0 Å². The minimum Gasteiger partial charge on any atom is -0.352 e. The number of benzene rings is 1. The Kier molecular flexibility index (Phi) is 9.92. The minimum atomic E-state index is -0.00800. The van der Waals surface area contributed by atoms with Crippen LogP contribution in [0.4, 0.5) is 5.13 Å². The summed E-state index contributed by atoms with van der Waals surface area (Å²) in [5.74, 6) is 0.431. The molecule has 1 aromatic carbocycles. The van der Waals surface area contributed by atoms with E-state index in [4.69, 9.17) is 4.98 Å². The van der Waals surface area contributed by atoms with Crippen molar-refractivity contribution in [2.75, 3.05) is 24.5 Å². The van der Waals surface area contributed by atoms with Crippen molar-refractivity contribution in [3.05, 3.63) is 46.5 Å². The number of aromatic nitrogens is 1. The Labute approximate surface area is 205 Å².